The monoisotopic (exact) mass is 511 g/mol. The predicted octanol–water partition coefficient (Wildman–Crippen LogP) is 3.78. The molecule has 10 nitrogen and oxygen atoms in total. The molecule has 1 saturated heterocycles. The van der Waals surface area contributed by atoms with Gasteiger partial charge in [-0.1, -0.05) is 38.1 Å². The van der Waals surface area contributed by atoms with Crippen molar-refractivity contribution in [1.82, 2.24) is 30.1 Å². The second-order valence-electron chi connectivity index (χ2n) is 9.81. The first-order valence-corrected chi connectivity index (χ1v) is 11.9. The Labute approximate surface area is 211 Å². The first-order chi connectivity index (χ1) is 17.7. The van der Waals surface area contributed by atoms with Crippen LogP contribution in [0, 0.1) is 0 Å². The number of ether oxygens (including phenoxy) is 1. The molecule has 0 bridgehead atoms. The van der Waals surface area contributed by atoms with E-state index in [-0.39, 0.29) is 23.6 Å². The highest BCUT2D eigenvalue weighted by Gasteiger charge is 2.24. The highest BCUT2D eigenvalue weighted by Crippen LogP contribution is 2.32. The molecule has 0 saturated carbocycles. The molecule has 1 aliphatic rings. The van der Waals surface area contributed by atoms with Crippen molar-refractivity contribution in [3.05, 3.63) is 59.6 Å². The van der Waals surface area contributed by atoms with Crippen molar-refractivity contribution in [2.75, 3.05) is 31.2 Å². The summed E-state index contributed by atoms with van der Waals surface area (Å²) in [5.41, 5.74) is 2.41. The number of halogens is 2. The Hall–Kier alpha value is -3.93. The standard InChI is InChI=1S/C25H27F2N7O3/c1-25(2,3)24-31-23(37-32-24)22(35)28-12-16-5-4-15(10-18(16)21(26)27)20-19-11-17(13-34(19)30-14-29-20)33-6-8-36-9-7-33/h4-5,10-11,13-14,21H,6-9,12H2,1-3H3,(H,28,35). The van der Waals surface area contributed by atoms with E-state index in [1.54, 1.807) is 16.6 Å². The van der Waals surface area contributed by atoms with Gasteiger partial charge < -0.3 is 19.5 Å². The third-order valence-electron chi connectivity index (χ3n) is 6.15. The van der Waals surface area contributed by atoms with E-state index in [1.165, 1.54) is 12.4 Å². The Morgan fingerprint density at radius 2 is 1.97 bits per heavy atom. The molecule has 4 heterocycles. The molecule has 0 aliphatic carbocycles. The van der Waals surface area contributed by atoms with Crippen molar-refractivity contribution in [3.8, 4) is 11.3 Å². The van der Waals surface area contributed by atoms with E-state index in [9.17, 15) is 13.6 Å². The van der Waals surface area contributed by atoms with Crippen LogP contribution in [0.2, 0.25) is 0 Å². The van der Waals surface area contributed by atoms with Crippen LogP contribution in [0.4, 0.5) is 14.5 Å². The number of morpholine rings is 1. The maximum atomic E-state index is 14.1. The van der Waals surface area contributed by atoms with Crippen molar-refractivity contribution in [3.63, 3.8) is 0 Å². The number of aromatic nitrogens is 5. The van der Waals surface area contributed by atoms with E-state index in [1.807, 2.05) is 33.0 Å². The van der Waals surface area contributed by atoms with Gasteiger partial charge in [0.1, 0.15) is 6.33 Å². The smallest absolute Gasteiger partial charge is 0.315 e. The molecule has 194 valence electrons. The number of hydrogen-bond donors (Lipinski definition) is 1. The zero-order valence-corrected chi connectivity index (χ0v) is 20.7. The number of hydrogen-bond acceptors (Lipinski definition) is 8. The van der Waals surface area contributed by atoms with Gasteiger partial charge in [0.15, 0.2) is 5.82 Å². The SMILES string of the molecule is CC(C)(C)c1noc(C(=O)NCc2ccc(-c3ncnn4cc(N5CCOCC5)cc34)cc2C(F)F)n1. The van der Waals surface area contributed by atoms with Crippen LogP contribution in [-0.2, 0) is 16.7 Å². The third kappa shape index (κ3) is 5.15. The fourth-order valence-electron chi connectivity index (χ4n) is 4.11. The first-order valence-electron chi connectivity index (χ1n) is 11.9. The number of anilines is 1. The van der Waals surface area contributed by atoms with Gasteiger partial charge in [-0.3, -0.25) is 4.79 Å². The Kier molecular flexibility index (Phi) is 6.59. The predicted molar refractivity (Wildman–Crippen MR) is 131 cm³/mol. The Morgan fingerprint density at radius 1 is 1.19 bits per heavy atom. The number of nitrogens with one attached hydrogen (secondary N) is 1. The number of carbonyl (C=O) groups is 1. The number of rotatable bonds is 6. The largest absolute Gasteiger partial charge is 0.378 e. The summed E-state index contributed by atoms with van der Waals surface area (Å²) < 4.78 is 40.3. The van der Waals surface area contributed by atoms with E-state index in [0.29, 0.717) is 35.8 Å². The van der Waals surface area contributed by atoms with E-state index in [0.717, 1.165) is 18.8 Å². The van der Waals surface area contributed by atoms with Gasteiger partial charge in [0.25, 0.3) is 6.43 Å². The van der Waals surface area contributed by atoms with E-state index in [4.69, 9.17) is 9.26 Å². The molecule has 4 aromatic rings. The summed E-state index contributed by atoms with van der Waals surface area (Å²) in [6, 6.07) is 6.63. The van der Waals surface area contributed by atoms with E-state index < -0.39 is 17.7 Å². The van der Waals surface area contributed by atoms with Gasteiger partial charge >= 0.3 is 11.8 Å². The second-order valence-corrected chi connectivity index (χ2v) is 9.81. The molecule has 12 heteroatoms. The summed E-state index contributed by atoms with van der Waals surface area (Å²) in [7, 11) is 0. The lowest BCUT2D eigenvalue weighted by Crippen LogP contribution is -2.35. The molecule has 5 rings (SSSR count). The van der Waals surface area contributed by atoms with Crippen molar-refractivity contribution < 1.29 is 22.8 Å². The minimum atomic E-state index is -2.75. The summed E-state index contributed by atoms with van der Waals surface area (Å²) in [5, 5.41) is 10.7. The average Bonchev–Trinajstić information content (AvgIpc) is 3.55. The van der Waals surface area contributed by atoms with Crippen molar-refractivity contribution in [2.45, 2.75) is 39.2 Å². The summed E-state index contributed by atoms with van der Waals surface area (Å²) in [6.07, 6.45) is 0.542. The lowest BCUT2D eigenvalue weighted by Gasteiger charge is -2.27. The Balaban J connectivity index is 1.39. The maximum absolute atomic E-state index is 14.1. The number of benzene rings is 1. The zero-order chi connectivity index (χ0) is 26.2. The molecule has 1 N–H and O–H groups in total. The minimum absolute atomic E-state index is 0.127. The molecular formula is C25H27F2N7O3. The van der Waals surface area contributed by atoms with Crippen LogP contribution < -0.4 is 10.2 Å². The van der Waals surface area contributed by atoms with Crippen LogP contribution in [0.3, 0.4) is 0 Å². The van der Waals surface area contributed by atoms with Gasteiger partial charge in [-0.2, -0.15) is 10.1 Å². The first kappa shape index (κ1) is 24.8. The lowest BCUT2D eigenvalue weighted by molar-refractivity contribution is 0.0905. The van der Waals surface area contributed by atoms with Crippen LogP contribution in [0.15, 0.2) is 41.3 Å². The molecular weight excluding hydrogens is 484 g/mol. The van der Waals surface area contributed by atoms with Crippen LogP contribution in [0.5, 0.6) is 0 Å². The highest BCUT2D eigenvalue weighted by molar-refractivity contribution is 5.89. The average molecular weight is 512 g/mol. The van der Waals surface area contributed by atoms with Gasteiger partial charge in [-0.05, 0) is 17.7 Å². The van der Waals surface area contributed by atoms with Gasteiger partial charge in [0.05, 0.1) is 36.3 Å². The van der Waals surface area contributed by atoms with Crippen molar-refractivity contribution >= 4 is 17.1 Å². The quantitative estimate of drug-likeness (QED) is 0.417. The molecule has 0 radical (unpaired) electrons. The highest BCUT2D eigenvalue weighted by atomic mass is 19.3. The van der Waals surface area contributed by atoms with E-state index >= 15 is 0 Å². The molecule has 1 amide bonds. The Morgan fingerprint density at radius 3 is 2.68 bits per heavy atom. The molecule has 1 fully saturated rings. The molecule has 3 aromatic heterocycles. The second kappa shape index (κ2) is 9.85. The molecule has 1 aromatic carbocycles. The van der Waals surface area contributed by atoms with Gasteiger partial charge in [-0.25, -0.2) is 18.3 Å². The fourth-order valence-corrected chi connectivity index (χ4v) is 4.11. The summed E-state index contributed by atoms with van der Waals surface area (Å²) in [5.74, 6) is -0.463. The number of carbonyl (C=O) groups excluding carboxylic acids is 1. The van der Waals surface area contributed by atoms with Crippen LogP contribution >= 0.6 is 0 Å². The summed E-state index contributed by atoms with van der Waals surface area (Å²) >= 11 is 0. The van der Waals surface area contributed by atoms with Gasteiger partial charge in [-0.15, -0.1) is 0 Å². The molecule has 0 atom stereocenters. The normalized spacial score (nSPS) is 14.5. The van der Waals surface area contributed by atoms with Crippen molar-refractivity contribution in [1.29, 1.82) is 0 Å². The lowest BCUT2D eigenvalue weighted by atomic mass is 9.96. The summed E-state index contributed by atoms with van der Waals surface area (Å²) in [6.45, 7) is 8.34. The topological polar surface area (TPSA) is 111 Å². The number of fused-ring (bicyclic) bond motifs is 1. The van der Waals surface area contributed by atoms with Crippen LogP contribution in [0.1, 0.15) is 54.8 Å². The van der Waals surface area contributed by atoms with E-state index in [2.05, 4.69) is 30.4 Å². The Bertz CT molecular complexity index is 1420. The zero-order valence-electron chi connectivity index (χ0n) is 20.7. The maximum Gasteiger partial charge on any atom is 0.315 e. The van der Waals surface area contributed by atoms with Crippen LogP contribution in [0.25, 0.3) is 16.8 Å². The molecule has 0 spiro atoms. The molecule has 37 heavy (non-hydrogen) atoms. The third-order valence-corrected chi connectivity index (χ3v) is 6.15. The molecule has 1 aliphatic heterocycles. The van der Waals surface area contributed by atoms with Gasteiger partial charge in [0.2, 0.25) is 0 Å². The fraction of sp³-hybridized carbons (Fsp3) is 0.400. The molecule has 0 unspecified atom stereocenters. The number of alkyl halides is 2. The van der Waals surface area contributed by atoms with Crippen molar-refractivity contribution in [2.24, 2.45) is 0 Å². The summed E-state index contributed by atoms with van der Waals surface area (Å²) in [4.78, 5) is 23.2. The van der Waals surface area contributed by atoms with Gasteiger partial charge in [0, 0.05) is 36.2 Å². The minimum Gasteiger partial charge on any atom is -0.378 e. The number of amides is 1. The van der Waals surface area contributed by atoms with Crippen LogP contribution in [-0.4, -0.2) is 56.9 Å². The number of nitrogens with zero attached hydrogens (tertiary/aromatic N) is 6.